The Kier molecular flexibility index (Phi) is 5.06. The van der Waals surface area contributed by atoms with Gasteiger partial charge in [-0.3, -0.25) is 4.79 Å². The fourth-order valence-electron chi connectivity index (χ4n) is 1.67. The average Bonchev–Trinajstić information content (AvgIpc) is 2.46. The van der Waals surface area contributed by atoms with Crippen molar-refractivity contribution in [1.29, 1.82) is 0 Å². The fourth-order valence-corrected chi connectivity index (χ4v) is 1.67. The zero-order valence-corrected chi connectivity index (χ0v) is 11.4. The molecule has 0 unspecified atom stereocenters. The lowest BCUT2D eigenvalue weighted by molar-refractivity contribution is -0.123. The molecule has 1 aromatic carbocycles. The number of aromatic nitrogens is 2. The summed E-state index contributed by atoms with van der Waals surface area (Å²) in [6.45, 7) is 2.35. The number of nitrogens with zero attached hydrogens (tertiary/aromatic N) is 2. The van der Waals surface area contributed by atoms with Gasteiger partial charge >= 0.3 is 6.01 Å². The molecule has 1 heterocycles. The molecule has 0 aliphatic rings. The Labute approximate surface area is 118 Å². The van der Waals surface area contributed by atoms with Crippen LogP contribution in [0.4, 0.5) is 0 Å². The maximum Gasteiger partial charge on any atom is 0.317 e. The van der Waals surface area contributed by atoms with E-state index in [2.05, 4.69) is 15.3 Å². The zero-order valence-electron chi connectivity index (χ0n) is 11.4. The van der Waals surface area contributed by atoms with Gasteiger partial charge in [0.05, 0.1) is 0 Å². The monoisotopic (exact) mass is 271 g/mol. The molecule has 104 valence electrons. The summed E-state index contributed by atoms with van der Waals surface area (Å²) >= 11 is 0. The van der Waals surface area contributed by atoms with E-state index in [0.29, 0.717) is 6.54 Å². The van der Waals surface area contributed by atoms with E-state index < -0.39 is 0 Å². The molecule has 0 aliphatic heterocycles. The van der Waals surface area contributed by atoms with Gasteiger partial charge in [0.2, 0.25) is 0 Å². The number of benzene rings is 1. The van der Waals surface area contributed by atoms with Crippen molar-refractivity contribution in [2.24, 2.45) is 0 Å². The van der Waals surface area contributed by atoms with E-state index in [0.717, 1.165) is 12.1 Å². The lowest BCUT2D eigenvalue weighted by Crippen LogP contribution is -2.30. The van der Waals surface area contributed by atoms with Crippen molar-refractivity contribution in [3.05, 3.63) is 53.9 Å². The molecule has 0 atom stereocenters. The third-order valence-electron chi connectivity index (χ3n) is 2.68. The number of amides is 1. The first-order valence-electron chi connectivity index (χ1n) is 6.47. The normalized spacial score (nSPS) is 10.1. The highest BCUT2D eigenvalue weighted by Crippen LogP contribution is 2.01. The highest BCUT2D eigenvalue weighted by molar-refractivity contribution is 5.77. The third kappa shape index (κ3) is 4.68. The van der Waals surface area contributed by atoms with Crippen LogP contribution in [0, 0.1) is 6.92 Å². The first kappa shape index (κ1) is 14.0. The van der Waals surface area contributed by atoms with E-state index in [1.165, 1.54) is 5.56 Å². The summed E-state index contributed by atoms with van der Waals surface area (Å²) in [7, 11) is 0. The molecule has 2 rings (SSSR count). The number of hydrogen-bond donors (Lipinski definition) is 1. The van der Waals surface area contributed by atoms with Crippen molar-refractivity contribution in [2.75, 3.05) is 13.2 Å². The number of carbonyl (C=O) groups is 1. The average molecular weight is 271 g/mol. The second-order valence-corrected chi connectivity index (χ2v) is 4.35. The minimum atomic E-state index is -0.175. The van der Waals surface area contributed by atoms with Crippen molar-refractivity contribution in [3.63, 3.8) is 0 Å². The van der Waals surface area contributed by atoms with Crippen molar-refractivity contribution < 1.29 is 9.53 Å². The molecule has 20 heavy (non-hydrogen) atoms. The second kappa shape index (κ2) is 7.23. The summed E-state index contributed by atoms with van der Waals surface area (Å²) in [6, 6.07) is 12.0. The maximum atomic E-state index is 11.6. The summed E-state index contributed by atoms with van der Waals surface area (Å²) in [5.74, 6) is -0.175. The summed E-state index contributed by atoms with van der Waals surface area (Å²) < 4.78 is 5.22. The van der Waals surface area contributed by atoms with Gasteiger partial charge in [-0.15, -0.1) is 0 Å². The van der Waals surface area contributed by atoms with E-state index in [1.54, 1.807) is 12.3 Å². The van der Waals surface area contributed by atoms with Gasteiger partial charge in [0, 0.05) is 18.4 Å². The minimum Gasteiger partial charge on any atom is -0.453 e. The van der Waals surface area contributed by atoms with Gasteiger partial charge in [-0.1, -0.05) is 30.3 Å². The minimum absolute atomic E-state index is 0.0712. The molecule has 0 bridgehead atoms. The lowest BCUT2D eigenvalue weighted by Gasteiger charge is -2.06. The first-order valence-corrected chi connectivity index (χ1v) is 6.47. The largest absolute Gasteiger partial charge is 0.453 e. The molecule has 2 aromatic rings. The third-order valence-corrected chi connectivity index (χ3v) is 2.68. The summed E-state index contributed by atoms with van der Waals surface area (Å²) in [5.41, 5.74) is 2.00. The van der Waals surface area contributed by atoms with Crippen molar-refractivity contribution in [3.8, 4) is 6.01 Å². The van der Waals surface area contributed by atoms with Gasteiger partial charge in [0.25, 0.3) is 5.91 Å². The van der Waals surface area contributed by atoms with E-state index in [1.807, 2.05) is 37.3 Å². The number of nitrogens with one attached hydrogen (secondary N) is 1. The van der Waals surface area contributed by atoms with E-state index in [9.17, 15) is 4.79 Å². The number of ether oxygens (including phenoxy) is 1. The van der Waals surface area contributed by atoms with Crippen LogP contribution in [0.25, 0.3) is 0 Å². The van der Waals surface area contributed by atoms with E-state index in [-0.39, 0.29) is 18.5 Å². The number of carbonyl (C=O) groups excluding carboxylic acids is 1. The molecule has 5 heteroatoms. The van der Waals surface area contributed by atoms with Crippen LogP contribution in [-0.2, 0) is 11.2 Å². The molecule has 1 aromatic heterocycles. The highest BCUT2D eigenvalue weighted by atomic mass is 16.5. The Hall–Kier alpha value is -2.43. The SMILES string of the molecule is Cc1ccnc(OCC(=O)NCCc2ccccc2)n1. The van der Waals surface area contributed by atoms with Crippen molar-refractivity contribution in [2.45, 2.75) is 13.3 Å². The Morgan fingerprint density at radius 3 is 2.80 bits per heavy atom. The molecule has 0 saturated carbocycles. The number of aryl methyl sites for hydroxylation is 1. The molecule has 5 nitrogen and oxygen atoms in total. The number of hydrogen-bond acceptors (Lipinski definition) is 4. The Morgan fingerprint density at radius 2 is 2.05 bits per heavy atom. The van der Waals surface area contributed by atoms with Crippen LogP contribution < -0.4 is 10.1 Å². The Bertz CT molecular complexity index is 558. The molecular formula is C15H17N3O2. The zero-order chi connectivity index (χ0) is 14.2. The predicted octanol–water partition coefficient (Wildman–Crippen LogP) is 1.52. The molecule has 0 spiro atoms. The van der Waals surface area contributed by atoms with Crippen molar-refractivity contribution >= 4 is 5.91 Å². The van der Waals surface area contributed by atoms with Crippen LogP contribution in [0.5, 0.6) is 6.01 Å². The maximum absolute atomic E-state index is 11.6. The van der Waals surface area contributed by atoms with Crippen LogP contribution in [0.15, 0.2) is 42.6 Å². The summed E-state index contributed by atoms with van der Waals surface area (Å²) in [4.78, 5) is 19.6. The van der Waals surface area contributed by atoms with Crippen LogP contribution in [0.1, 0.15) is 11.3 Å². The van der Waals surface area contributed by atoms with Gasteiger partial charge in [-0.2, -0.15) is 0 Å². The van der Waals surface area contributed by atoms with Gasteiger partial charge in [0.15, 0.2) is 6.61 Å². The highest BCUT2D eigenvalue weighted by Gasteiger charge is 2.04. The molecule has 0 radical (unpaired) electrons. The molecule has 1 amide bonds. The van der Waals surface area contributed by atoms with E-state index in [4.69, 9.17) is 4.74 Å². The van der Waals surface area contributed by atoms with Crippen molar-refractivity contribution in [1.82, 2.24) is 15.3 Å². The predicted molar refractivity (Wildman–Crippen MR) is 75.4 cm³/mol. The quantitative estimate of drug-likeness (QED) is 0.865. The lowest BCUT2D eigenvalue weighted by atomic mass is 10.1. The van der Waals surface area contributed by atoms with Crippen LogP contribution in [-0.4, -0.2) is 29.0 Å². The van der Waals surface area contributed by atoms with Gasteiger partial charge in [0.1, 0.15) is 0 Å². The fraction of sp³-hybridized carbons (Fsp3) is 0.267. The summed E-state index contributed by atoms with van der Waals surface area (Å²) in [6.07, 6.45) is 2.40. The Morgan fingerprint density at radius 1 is 1.25 bits per heavy atom. The second-order valence-electron chi connectivity index (χ2n) is 4.35. The van der Waals surface area contributed by atoms with Gasteiger partial charge < -0.3 is 10.1 Å². The smallest absolute Gasteiger partial charge is 0.317 e. The Balaban J connectivity index is 1.68. The van der Waals surface area contributed by atoms with E-state index >= 15 is 0 Å². The summed E-state index contributed by atoms with van der Waals surface area (Å²) in [5, 5.41) is 2.80. The molecule has 0 saturated heterocycles. The standard InChI is InChI=1S/C15H17N3O2/c1-12-7-9-17-15(18-12)20-11-14(19)16-10-8-13-5-3-2-4-6-13/h2-7,9H,8,10-11H2,1H3,(H,16,19). The topological polar surface area (TPSA) is 64.1 Å². The van der Waals surface area contributed by atoms with Gasteiger partial charge in [-0.25, -0.2) is 9.97 Å². The van der Waals surface area contributed by atoms with Crippen LogP contribution in [0.3, 0.4) is 0 Å². The number of rotatable bonds is 6. The van der Waals surface area contributed by atoms with Crippen LogP contribution in [0.2, 0.25) is 0 Å². The van der Waals surface area contributed by atoms with Gasteiger partial charge in [-0.05, 0) is 25.0 Å². The molecular weight excluding hydrogens is 254 g/mol. The molecule has 0 aliphatic carbocycles. The molecule has 0 fully saturated rings. The first-order chi connectivity index (χ1) is 9.74. The van der Waals surface area contributed by atoms with Crippen LogP contribution >= 0.6 is 0 Å². The molecule has 1 N–H and O–H groups in total.